The van der Waals surface area contributed by atoms with Gasteiger partial charge in [-0.25, -0.2) is 0 Å². The van der Waals surface area contributed by atoms with Crippen LogP contribution in [0.1, 0.15) is 20.8 Å². The summed E-state index contributed by atoms with van der Waals surface area (Å²) < 4.78 is 15.8. The number of hydrogen-bond acceptors (Lipinski definition) is 4. The maximum absolute atomic E-state index is 5.61. The Kier molecular flexibility index (Phi) is 10.3. The van der Waals surface area contributed by atoms with E-state index in [9.17, 15) is 0 Å². The zero-order chi connectivity index (χ0) is 11.5. The van der Waals surface area contributed by atoms with Crippen molar-refractivity contribution in [2.45, 2.75) is 32.9 Å². The number of rotatable bonds is 10. The molecule has 0 saturated carbocycles. The average Bonchev–Trinajstić information content (AvgIpc) is 2.22. The third kappa shape index (κ3) is 10.1. The van der Waals surface area contributed by atoms with E-state index in [1.165, 1.54) is 0 Å². The minimum Gasteiger partial charge on any atom is -0.382 e. The van der Waals surface area contributed by atoms with Crippen LogP contribution in [0.25, 0.3) is 0 Å². The van der Waals surface area contributed by atoms with E-state index in [0.717, 1.165) is 13.2 Å². The summed E-state index contributed by atoms with van der Waals surface area (Å²) in [5.74, 6) is 0. The Morgan fingerprint density at radius 1 is 1.13 bits per heavy atom. The van der Waals surface area contributed by atoms with Gasteiger partial charge in [0.15, 0.2) is 0 Å². The highest BCUT2D eigenvalue weighted by atomic mass is 16.5. The summed E-state index contributed by atoms with van der Waals surface area (Å²) in [6, 6.07) is 0.399. The van der Waals surface area contributed by atoms with Crippen molar-refractivity contribution in [3.63, 3.8) is 0 Å². The van der Waals surface area contributed by atoms with Crippen LogP contribution in [-0.4, -0.2) is 52.2 Å². The second-order valence-corrected chi connectivity index (χ2v) is 3.67. The van der Waals surface area contributed by atoms with E-state index in [4.69, 9.17) is 14.2 Å². The second-order valence-electron chi connectivity index (χ2n) is 3.67. The average molecular weight is 219 g/mol. The summed E-state index contributed by atoms with van der Waals surface area (Å²) in [7, 11) is 1.67. The highest BCUT2D eigenvalue weighted by Gasteiger charge is 2.05. The number of ether oxygens (including phenoxy) is 3. The van der Waals surface area contributed by atoms with E-state index < -0.39 is 0 Å². The molecule has 0 aliphatic carbocycles. The van der Waals surface area contributed by atoms with Gasteiger partial charge in [-0.3, -0.25) is 0 Å². The molecule has 0 aliphatic heterocycles. The van der Waals surface area contributed by atoms with E-state index >= 15 is 0 Å². The summed E-state index contributed by atoms with van der Waals surface area (Å²) >= 11 is 0. The molecule has 92 valence electrons. The molecule has 0 heterocycles. The monoisotopic (exact) mass is 219 g/mol. The number of nitrogens with one attached hydrogen (secondary N) is 1. The standard InChI is InChI=1S/C11H25NO3/c1-5-12-10(2)8-15-11(3)9-14-7-6-13-4/h10-12H,5-9H2,1-4H3. The van der Waals surface area contributed by atoms with Gasteiger partial charge in [-0.15, -0.1) is 0 Å². The number of methoxy groups -OCH3 is 1. The molecule has 0 aliphatic rings. The van der Waals surface area contributed by atoms with Crippen molar-refractivity contribution in [3.05, 3.63) is 0 Å². The minimum absolute atomic E-state index is 0.142. The third-order valence-corrected chi connectivity index (χ3v) is 1.97. The van der Waals surface area contributed by atoms with Gasteiger partial charge in [-0.2, -0.15) is 0 Å². The summed E-state index contributed by atoms with van der Waals surface area (Å²) in [4.78, 5) is 0. The lowest BCUT2D eigenvalue weighted by Gasteiger charge is -2.17. The fourth-order valence-electron chi connectivity index (χ4n) is 1.16. The molecule has 0 aromatic heterocycles. The maximum Gasteiger partial charge on any atom is 0.0781 e. The molecule has 0 rings (SSSR count). The Hall–Kier alpha value is -0.160. The van der Waals surface area contributed by atoms with Crippen molar-refractivity contribution in [1.82, 2.24) is 5.32 Å². The van der Waals surface area contributed by atoms with Crippen LogP contribution in [-0.2, 0) is 14.2 Å². The van der Waals surface area contributed by atoms with Gasteiger partial charge >= 0.3 is 0 Å². The molecule has 0 aromatic rings. The van der Waals surface area contributed by atoms with Crippen molar-refractivity contribution in [3.8, 4) is 0 Å². The van der Waals surface area contributed by atoms with Gasteiger partial charge in [0.05, 0.1) is 32.5 Å². The first-order valence-electron chi connectivity index (χ1n) is 5.62. The molecule has 0 bridgehead atoms. The molecule has 0 radical (unpaired) electrons. The van der Waals surface area contributed by atoms with Gasteiger partial charge in [-0.1, -0.05) is 6.92 Å². The van der Waals surface area contributed by atoms with Crippen LogP contribution in [0.5, 0.6) is 0 Å². The normalized spacial score (nSPS) is 15.2. The molecule has 0 amide bonds. The Morgan fingerprint density at radius 3 is 2.47 bits per heavy atom. The van der Waals surface area contributed by atoms with Crippen molar-refractivity contribution in [2.24, 2.45) is 0 Å². The van der Waals surface area contributed by atoms with Crippen LogP contribution >= 0.6 is 0 Å². The fraction of sp³-hybridized carbons (Fsp3) is 1.00. The zero-order valence-corrected chi connectivity index (χ0v) is 10.4. The fourth-order valence-corrected chi connectivity index (χ4v) is 1.16. The summed E-state index contributed by atoms with van der Waals surface area (Å²) in [6.07, 6.45) is 0.142. The van der Waals surface area contributed by atoms with Crippen molar-refractivity contribution < 1.29 is 14.2 Å². The van der Waals surface area contributed by atoms with Gasteiger partial charge in [0.1, 0.15) is 0 Å². The predicted octanol–water partition coefficient (Wildman–Crippen LogP) is 1.05. The zero-order valence-electron chi connectivity index (χ0n) is 10.4. The third-order valence-electron chi connectivity index (χ3n) is 1.97. The second kappa shape index (κ2) is 10.4. The van der Waals surface area contributed by atoms with E-state index in [1.807, 2.05) is 6.92 Å². The molecule has 0 aromatic carbocycles. The van der Waals surface area contributed by atoms with E-state index in [2.05, 4.69) is 19.2 Å². The minimum atomic E-state index is 0.142. The molecule has 4 heteroatoms. The Balaban J connectivity index is 3.28. The van der Waals surface area contributed by atoms with Crippen molar-refractivity contribution >= 4 is 0 Å². The summed E-state index contributed by atoms with van der Waals surface area (Å²) in [5.41, 5.74) is 0. The molecule has 0 saturated heterocycles. The first-order chi connectivity index (χ1) is 7.20. The molecule has 0 fully saturated rings. The van der Waals surface area contributed by atoms with E-state index in [1.54, 1.807) is 7.11 Å². The lowest BCUT2D eigenvalue weighted by atomic mass is 10.3. The SMILES string of the molecule is CCNC(C)COC(C)COCCOC. The van der Waals surface area contributed by atoms with Crippen LogP contribution in [0.3, 0.4) is 0 Å². The first kappa shape index (κ1) is 14.8. The molecular weight excluding hydrogens is 194 g/mol. The van der Waals surface area contributed by atoms with Crippen LogP contribution in [0, 0.1) is 0 Å². The van der Waals surface area contributed by atoms with Gasteiger partial charge in [0.2, 0.25) is 0 Å². The molecule has 1 N–H and O–H groups in total. The maximum atomic E-state index is 5.61. The molecule has 2 atom stereocenters. The summed E-state index contributed by atoms with van der Waals surface area (Å²) in [5, 5.41) is 3.29. The lowest BCUT2D eigenvalue weighted by molar-refractivity contribution is -0.0234. The predicted molar refractivity (Wildman–Crippen MR) is 61.2 cm³/mol. The molecule has 2 unspecified atom stereocenters. The van der Waals surface area contributed by atoms with Gasteiger partial charge in [-0.05, 0) is 20.4 Å². The summed E-state index contributed by atoms with van der Waals surface area (Å²) in [6.45, 7) is 9.82. The highest BCUT2D eigenvalue weighted by Crippen LogP contribution is 1.94. The quantitative estimate of drug-likeness (QED) is 0.558. The van der Waals surface area contributed by atoms with Crippen molar-refractivity contribution in [2.75, 3.05) is 40.1 Å². The smallest absolute Gasteiger partial charge is 0.0781 e. The number of likely N-dealkylation sites (N-methyl/N-ethyl adjacent to an activating group) is 1. The lowest BCUT2D eigenvalue weighted by Crippen LogP contribution is -2.32. The van der Waals surface area contributed by atoms with Gasteiger partial charge in [0, 0.05) is 13.2 Å². The van der Waals surface area contributed by atoms with Crippen molar-refractivity contribution in [1.29, 1.82) is 0 Å². The molecule has 15 heavy (non-hydrogen) atoms. The molecular formula is C11H25NO3. The molecule has 4 nitrogen and oxygen atoms in total. The van der Waals surface area contributed by atoms with Crippen LogP contribution in [0.15, 0.2) is 0 Å². The highest BCUT2D eigenvalue weighted by molar-refractivity contribution is 4.58. The van der Waals surface area contributed by atoms with Gasteiger partial charge in [0.25, 0.3) is 0 Å². The van der Waals surface area contributed by atoms with Gasteiger partial charge < -0.3 is 19.5 Å². The van der Waals surface area contributed by atoms with Crippen LogP contribution < -0.4 is 5.32 Å². The largest absolute Gasteiger partial charge is 0.382 e. The molecule has 0 spiro atoms. The Bertz CT molecular complexity index is 133. The first-order valence-corrected chi connectivity index (χ1v) is 5.62. The van der Waals surface area contributed by atoms with E-state index in [-0.39, 0.29) is 6.10 Å². The van der Waals surface area contributed by atoms with Crippen LogP contribution in [0.4, 0.5) is 0 Å². The van der Waals surface area contributed by atoms with Crippen LogP contribution in [0.2, 0.25) is 0 Å². The Morgan fingerprint density at radius 2 is 1.87 bits per heavy atom. The topological polar surface area (TPSA) is 39.7 Å². The number of hydrogen-bond donors (Lipinski definition) is 1. The Labute approximate surface area is 93.3 Å². The van der Waals surface area contributed by atoms with E-state index in [0.29, 0.717) is 25.9 Å².